The van der Waals surface area contributed by atoms with E-state index >= 15 is 0 Å². The largest absolute Gasteiger partial charge is 0.323 e. The van der Waals surface area contributed by atoms with Crippen LogP contribution in [-0.2, 0) is 21.4 Å². The number of hydrogen-bond acceptors (Lipinski definition) is 4. The minimum atomic E-state index is -4.21. The first-order valence-electron chi connectivity index (χ1n) is 8.53. The van der Waals surface area contributed by atoms with Gasteiger partial charge in [-0.1, -0.05) is 23.7 Å². The van der Waals surface area contributed by atoms with Gasteiger partial charge in [-0.25, -0.2) is 12.8 Å². The number of carbonyl (C=O) groups excluding carboxylic acids is 1. The van der Waals surface area contributed by atoms with Crippen LogP contribution in [0.3, 0.4) is 0 Å². The zero-order valence-electron chi connectivity index (χ0n) is 15.6. The first-order chi connectivity index (χ1) is 13.7. The molecule has 10 heteroatoms. The molecule has 1 heterocycles. The standard InChI is InChI=1S/C19H18ClFN4O3S/c1-12-9-13(2)25(23-12)11-19(26)22-17-10-14(20)7-8-16(17)24-29(27,28)18-6-4-3-5-15(18)21/h3-10,24H,11H2,1-2H3,(H,22,26). The number of aryl methyl sites for hydroxylation is 2. The third-order valence-electron chi connectivity index (χ3n) is 4.02. The average molecular weight is 437 g/mol. The maximum Gasteiger partial charge on any atom is 0.264 e. The van der Waals surface area contributed by atoms with Crippen molar-refractivity contribution < 1.29 is 17.6 Å². The number of halogens is 2. The molecule has 152 valence electrons. The minimum absolute atomic E-state index is 0.0550. The molecule has 0 fully saturated rings. The third-order valence-corrected chi connectivity index (χ3v) is 5.66. The number of carbonyl (C=O) groups is 1. The molecule has 1 aromatic heterocycles. The van der Waals surface area contributed by atoms with Gasteiger partial charge in [0.05, 0.1) is 17.1 Å². The highest BCUT2D eigenvalue weighted by molar-refractivity contribution is 7.92. The molecule has 29 heavy (non-hydrogen) atoms. The summed E-state index contributed by atoms with van der Waals surface area (Å²) in [5.41, 5.74) is 1.78. The minimum Gasteiger partial charge on any atom is -0.323 e. The van der Waals surface area contributed by atoms with Crippen LogP contribution in [0.15, 0.2) is 53.4 Å². The molecule has 0 radical (unpaired) electrons. The SMILES string of the molecule is Cc1cc(C)n(CC(=O)Nc2cc(Cl)ccc2NS(=O)(=O)c2ccccc2F)n1. The van der Waals surface area contributed by atoms with Gasteiger partial charge in [-0.15, -0.1) is 0 Å². The van der Waals surface area contributed by atoms with Gasteiger partial charge in [0.15, 0.2) is 0 Å². The Kier molecular flexibility index (Phi) is 5.90. The van der Waals surface area contributed by atoms with E-state index in [2.05, 4.69) is 15.1 Å². The van der Waals surface area contributed by atoms with Crippen LogP contribution >= 0.6 is 11.6 Å². The summed E-state index contributed by atoms with van der Waals surface area (Å²) < 4.78 is 42.9. The summed E-state index contributed by atoms with van der Waals surface area (Å²) in [7, 11) is -4.21. The molecule has 0 aliphatic heterocycles. The Labute approximate surface area is 172 Å². The van der Waals surface area contributed by atoms with Crippen LogP contribution in [0.5, 0.6) is 0 Å². The molecule has 2 aromatic carbocycles. The number of rotatable bonds is 6. The molecule has 0 spiro atoms. The highest BCUT2D eigenvalue weighted by atomic mass is 35.5. The van der Waals surface area contributed by atoms with Gasteiger partial charge in [-0.05, 0) is 50.2 Å². The molecule has 2 N–H and O–H groups in total. The van der Waals surface area contributed by atoms with Crippen molar-refractivity contribution in [1.82, 2.24) is 9.78 Å². The smallest absolute Gasteiger partial charge is 0.264 e. The third kappa shape index (κ3) is 4.93. The molecule has 0 atom stereocenters. The Bertz CT molecular complexity index is 1180. The number of nitrogens with one attached hydrogen (secondary N) is 2. The van der Waals surface area contributed by atoms with Crippen LogP contribution < -0.4 is 10.0 Å². The molecule has 0 unspecified atom stereocenters. The second-order valence-electron chi connectivity index (χ2n) is 6.36. The molecule has 1 amide bonds. The molecule has 7 nitrogen and oxygen atoms in total. The van der Waals surface area contributed by atoms with E-state index in [0.717, 1.165) is 23.5 Å². The molecule has 3 aromatic rings. The number of benzene rings is 2. The predicted molar refractivity (Wildman–Crippen MR) is 109 cm³/mol. The fourth-order valence-corrected chi connectivity index (χ4v) is 4.06. The fraction of sp³-hybridized carbons (Fsp3) is 0.158. The second-order valence-corrected chi connectivity index (χ2v) is 8.45. The molecular formula is C19H18ClFN4O3S. The lowest BCUT2D eigenvalue weighted by atomic mass is 10.2. The molecule has 3 rings (SSSR count). The van der Waals surface area contributed by atoms with Gasteiger partial charge in [-0.2, -0.15) is 5.10 Å². The molecule has 0 saturated heterocycles. The Morgan fingerprint density at radius 1 is 1.14 bits per heavy atom. The van der Waals surface area contributed by atoms with Gasteiger partial charge < -0.3 is 5.32 Å². The van der Waals surface area contributed by atoms with Crippen molar-refractivity contribution in [3.8, 4) is 0 Å². The van der Waals surface area contributed by atoms with Crippen molar-refractivity contribution in [3.05, 3.63) is 70.8 Å². The lowest BCUT2D eigenvalue weighted by Gasteiger charge is -2.15. The number of sulfonamides is 1. The van der Waals surface area contributed by atoms with Gasteiger partial charge in [-0.3, -0.25) is 14.2 Å². The van der Waals surface area contributed by atoms with Crippen molar-refractivity contribution >= 4 is 38.9 Å². The number of aromatic nitrogens is 2. The number of hydrogen-bond donors (Lipinski definition) is 2. The predicted octanol–water partition coefficient (Wildman–Crippen LogP) is 3.73. The van der Waals surface area contributed by atoms with Gasteiger partial charge in [0.25, 0.3) is 10.0 Å². The van der Waals surface area contributed by atoms with Gasteiger partial charge >= 0.3 is 0 Å². The lowest BCUT2D eigenvalue weighted by molar-refractivity contribution is -0.116. The van der Waals surface area contributed by atoms with Crippen molar-refractivity contribution in [2.24, 2.45) is 0 Å². The highest BCUT2D eigenvalue weighted by Crippen LogP contribution is 2.28. The van der Waals surface area contributed by atoms with Crippen LogP contribution in [0, 0.1) is 19.7 Å². The number of amides is 1. The molecule has 0 bridgehead atoms. The van der Waals surface area contributed by atoms with Crippen molar-refractivity contribution in [1.29, 1.82) is 0 Å². The Hall–Kier alpha value is -2.91. The van der Waals surface area contributed by atoms with E-state index in [-0.39, 0.29) is 17.9 Å². The summed E-state index contributed by atoms with van der Waals surface area (Å²) in [6.45, 7) is 3.57. The molecule has 0 aliphatic rings. The van der Waals surface area contributed by atoms with Crippen molar-refractivity contribution in [2.75, 3.05) is 10.0 Å². The van der Waals surface area contributed by atoms with E-state index in [1.165, 1.54) is 35.0 Å². The quantitative estimate of drug-likeness (QED) is 0.615. The zero-order chi connectivity index (χ0) is 21.2. The van der Waals surface area contributed by atoms with E-state index in [0.29, 0.717) is 5.02 Å². The van der Waals surface area contributed by atoms with E-state index < -0.39 is 26.6 Å². The van der Waals surface area contributed by atoms with E-state index in [4.69, 9.17) is 11.6 Å². The molecule has 0 aliphatic carbocycles. The van der Waals surface area contributed by atoms with Crippen molar-refractivity contribution in [2.45, 2.75) is 25.3 Å². The van der Waals surface area contributed by atoms with Crippen LogP contribution in [0.1, 0.15) is 11.4 Å². The van der Waals surface area contributed by atoms with Crippen LogP contribution in [0.2, 0.25) is 5.02 Å². The Morgan fingerprint density at radius 3 is 2.52 bits per heavy atom. The van der Waals surface area contributed by atoms with E-state index in [9.17, 15) is 17.6 Å². The van der Waals surface area contributed by atoms with Crippen LogP contribution in [0.4, 0.5) is 15.8 Å². The zero-order valence-corrected chi connectivity index (χ0v) is 17.2. The summed E-state index contributed by atoms with van der Waals surface area (Å²) in [5.74, 6) is -1.31. The van der Waals surface area contributed by atoms with Crippen molar-refractivity contribution in [3.63, 3.8) is 0 Å². The Balaban J connectivity index is 1.85. The highest BCUT2D eigenvalue weighted by Gasteiger charge is 2.21. The Morgan fingerprint density at radius 2 is 1.86 bits per heavy atom. The fourth-order valence-electron chi connectivity index (χ4n) is 2.73. The normalized spacial score (nSPS) is 11.3. The monoisotopic (exact) mass is 436 g/mol. The topological polar surface area (TPSA) is 93.1 Å². The summed E-state index contributed by atoms with van der Waals surface area (Å²) in [5, 5.41) is 7.13. The summed E-state index contributed by atoms with van der Waals surface area (Å²) in [6.07, 6.45) is 0. The average Bonchev–Trinajstić information content (AvgIpc) is 2.94. The van der Waals surface area contributed by atoms with E-state index in [1.807, 2.05) is 19.9 Å². The first kappa shape index (κ1) is 20.8. The number of anilines is 2. The lowest BCUT2D eigenvalue weighted by Crippen LogP contribution is -2.22. The van der Waals surface area contributed by atoms with Crippen LogP contribution in [-0.4, -0.2) is 24.1 Å². The second kappa shape index (κ2) is 8.22. The summed E-state index contributed by atoms with van der Waals surface area (Å²) >= 11 is 6.00. The van der Waals surface area contributed by atoms with E-state index in [1.54, 1.807) is 0 Å². The summed E-state index contributed by atoms with van der Waals surface area (Å²) in [4.78, 5) is 11.9. The van der Waals surface area contributed by atoms with Gasteiger partial charge in [0.2, 0.25) is 5.91 Å². The van der Waals surface area contributed by atoms with Gasteiger partial charge in [0.1, 0.15) is 17.3 Å². The molecular weight excluding hydrogens is 419 g/mol. The number of nitrogens with zero attached hydrogens (tertiary/aromatic N) is 2. The maximum atomic E-state index is 13.9. The van der Waals surface area contributed by atoms with Gasteiger partial charge in [0, 0.05) is 10.7 Å². The summed E-state index contributed by atoms with van der Waals surface area (Å²) in [6, 6.07) is 11.1. The van der Waals surface area contributed by atoms with Crippen LogP contribution in [0.25, 0.3) is 0 Å². The first-order valence-corrected chi connectivity index (χ1v) is 10.4. The maximum absolute atomic E-state index is 13.9. The molecule has 0 saturated carbocycles.